The standard InChI is InChI=1S/C18H14O2/c19-15-11-9-14(10-12-15)17-8-4-7-16(18(17)20)13-5-2-1-3-6-13/h1-12,19-20H. The molecular weight excluding hydrogens is 248 g/mol. The topological polar surface area (TPSA) is 40.5 Å². The Morgan fingerprint density at radius 3 is 1.65 bits per heavy atom. The minimum Gasteiger partial charge on any atom is -0.508 e. The van der Waals surface area contributed by atoms with Crippen LogP contribution in [0.25, 0.3) is 22.3 Å². The van der Waals surface area contributed by atoms with Crippen molar-refractivity contribution < 1.29 is 10.2 Å². The highest BCUT2D eigenvalue weighted by Crippen LogP contribution is 2.38. The summed E-state index contributed by atoms with van der Waals surface area (Å²) < 4.78 is 0. The van der Waals surface area contributed by atoms with Gasteiger partial charge in [0.15, 0.2) is 0 Å². The molecule has 2 N–H and O–H groups in total. The van der Waals surface area contributed by atoms with Crippen LogP contribution in [-0.4, -0.2) is 10.2 Å². The molecule has 0 fully saturated rings. The third kappa shape index (κ3) is 2.24. The van der Waals surface area contributed by atoms with Crippen LogP contribution in [0.4, 0.5) is 0 Å². The third-order valence-corrected chi connectivity index (χ3v) is 3.30. The van der Waals surface area contributed by atoms with Crippen molar-refractivity contribution in [3.63, 3.8) is 0 Å². The molecule has 2 heteroatoms. The van der Waals surface area contributed by atoms with Gasteiger partial charge in [-0.3, -0.25) is 0 Å². The summed E-state index contributed by atoms with van der Waals surface area (Å²) in [6, 6.07) is 22.3. The number of benzene rings is 3. The van der Waals surface area contributed by atoms with Gasteiger partial charge in [0.05, 0.1) is 0 Å². The Labute approximate surface area is 117 Å². The van der Waals surface area contributed by atoms with Crippen LogP contribution < -0.4 is 0 Å². The van der Waals surface area contributed by atoms with Gasteiger partial charge in [0.25, 0.3) is 0 Å². The van der Waals surface area contributed by atoms with Gasteiger partial charge in [0, 0.05) is 11.1 Å². The molecule has 0 saturated heterocycles. The van der Waals surface area contributed by atoms with Crippen molar-refractivity contribution in [2.75, 3.05) is 0 Å². The van der Waals surface area contributed by atoms with Crippen LogP contribution in [0.3, 0.4) is 0 Å². The fourth-order valence-corrected chi connectivity index (χ4v) is 2.27. The van der Waals surface area contributed by atoms with Crippen LogP contribution >= 0.6 is 0 Å². The molecule has 0 aliphatic rings. The Kier molecular flexibility index (Phi) is 3.13. The van der Waals surface area contributed by atoms with Crippen molar-refractivity contribution in [1.29, 1.82) is 0 Å². The average Bonchev–Trinajstić information content (AvgIpc) is 2.49. The summed E-state index contributed by atoms with van der Waals surface area (Å²) in [6.45, 7) is 0. The lowest BCUT2D eigenvalue weighted by Crippen LogP contribution is -1.83. The molecule has 0 amide bonds. The Balaban J connectivity index is 2.13. The van der Waals surface area contributed by atoms with Crippen LogP contribution in [0.5, 0.6) is 11.5 Å². The van der Waals surface area contributed by atoms with Gasteiger partial charge in [-0.15, -0.1) is 0 Å². The summed E-state index contributed by atoms with van der Waals surface area (Å²) in [5.74, 6) is 0.469. The Bertz CT molecular complexity index is 716. The zero-order valence-corrected chi connectivity index (χ0v) is 10.8. The van der Waals surface area contributed by atoms with E-state index in [0.29, 0.717) is 0 Å². The van der Waals surface area contributed by atoms with Crippen molar-refractivity contribution in [2.24, 2.45) is 0 Å². The second-order valence-corrected chi connectivity index (χ2v) is 4.61. The molecule has 0 radical (unpaired) electrons. The number of hydrogen-bond donors (Lipinski definition) is 2. The fourth-order valence-electron chi connectivity index (χ4n) is 2.27. The molecule has 0 aromatic heterocycles. The Hall–Kier alpha value is -2.74. The normalized spacial score (nSPS) is 10.4. The summed E-state index contributed by atoms with van der Waals surface area (Å²) >= 11 is 0. The lowest BCUT2D eigenvalue weighted by molar-refractivity contribution is 0.474. The first kappa shape index (κ1) is 12.3. The highest BCUT2D eigenvalue weighted by molar-refractivity contribution is 5.81. The molecule has 0 spiro atoms. The molecular formula is C18H14O2. The molecule has 3 aromatic carbocycles. The largest absolute Gasteiger partial charge is 0.508 e. The zero-order valence-electron chi connectivity index (χ0n) is 10.8. The Morgan fingerprint density at radius 1 is 0.500 bits per heavy atom. The van der Waals surface area contributed by atoms with Crippen molar-refractivity contribution in [3.05, 3.63) is 72.8 Å². The molecule has 0 heterocycles. The van der Waals surface area contributed by atoms with Gasteiger partial charge in [-0.2, -0.15) is 0 Å². The van der Waals surface area contributed by atoms with E-state index in [-0.39, 0.29) is 11.5 Å². The van der Waals surface area contributed by atoms with Crippen molar-refractivity contribution >= 4 is 0 Å². The van der Waals surface area contributed by atoms with E-state index in [9.17, 15) is 10.2 Å². The number of phenolic OH excluding ortho intramolecular Hbond substituents is 2. The maximum absolute atomic E-state index is 10.5. The van der Waals surface area contributed by atoms with E-state index in [1.54, 1.807) is 24.3 Å². The summed E-state index contributed by atoms with van der Waals surface area (Å²) in [6.07, 6.45) is 0. The van der Waals surface area contributed by atoms with E-state index >= 15 is 0 Å². The first-order valence-electron chi connectivity index (χ1n) is 6.42. The molecule has 98 valence electrons. The number of phenols is 2. The predicted molar refractivity (Wildman–Crippen MR) is 80.6 cm³/mol. The summed E-state index contributed by atoms with van der Waals surface area (Å²) in [7, 11) is 0. The van der Waals surface area contributed by atoms with E-state index in [1.807, 2.05) is 48.5 Å². The third-order valence-electron chi connectivity index (χ3n) is 3.30. The predicted octanol–water partition coefficient (Wildman–Crippen LogP) is 4.43. The van der Waals surface area contributed by atoms with E-state index < -0.39 is 0 Å². The minimum atomic E-state index is 0.215. The Morgan fingerprint density at radius 2 is 1.05 bits per heavy atom. The summed E-state index contributed by atoms with van der Waals surface area (Å²) in [5.41, 5.74) is 3.41. The number of rotatable bonds is 2. The first-order valence-corrected chi connectivity index (χ1v) is 6.42. The van der Waals surface area contributed by atoms with Crippen molar-refractivity contribution in [2.45, 2.75) is 0 Å². The van der Waals surface area contributed by atoms with E-state index in [0.717, 1.165) is 22.3 Å². The van der Waals surface area contributed by atoms with Crippen LogP contribution in [0.1, 0.15) is 0 Å². The number of hydrogen-bond acceptors (Lipinski definition) is 2. The molecule has 0 atom stereocenters. The van der Waals surface area contributed by atoms with Crippen LogP contribution in [0.2, 0.25) is 0 Å². The quantitative estimate of drug-likeness (QED) is 0.717. The van der Waals surface area contributed by atoms with Gasteiger partial charge in [0.1, 0.15) is 11.5 Å². The zero-order chi connectivity index (χ0) is 13.9. The molecule has 20 heavy (non-hydrogen) atoms. The fraction of sp³-hybridized carbons (Fsp3) is 0. The molecule has 0 saturated carbocycles. The highest BCUT2D eigenvalue weighted by Gasteiger charge is 2.10. The molecule has 2 nitrogen and oxygen atoms in total. The summed E-state index contributed by atoms with van der Waals surface area (Å²) in [4.78, 5) is 0. The van der Waals surface area contributed by atoms with Gasteiger partial charge >= 0.3 is 0 Å². The second-order valence-electron chi connectivity index (χ2n) is 4.61. The van der Waals surface area contributed by atoms with E-state index in [2.05, 4.69) is 0 Å². The monoisotopic (exact) mass is 262 g/mol. The maximum atomic E-state index is 10.5. The average molecular weight is 262 g/mol. The lowest BCUT2D eigenvalue weighted by Gasteiger charge is -2.10. The smallest absolute Gasteiger partial charge is 0.131 e. The maximum Gasteiger partial charge on any atom is 0.131 e. The lowest BCUT2D eigenvalue weighted by atomic mass is 9.97. The minimum absolute atomic E-state index is 0.215. The molecule has 0 bridgehead atoms. The van der Waals surface area contributed by atoms with Crippen LogP contribution in [-0.2, 0) is 0 Å². The van der Waals surface area contributed by atoms with E-state index in [4.69, 9.17) is 0 Å². The molecule has 0 unspecified atom stereocenters. The summed E-state index contributed by atoms with van der Waals surface area (Å²) in [5, 5.41) is 19.8. The molecule has 3 aromatic rings. The molecule has 3 rings (SSSR count). The van der Waals surface area contributed by atoms with Crippen LogP contribution in [0, 0.1) is 0 Å². The first-order chi connectivity index (χ1) is 9.75. The molecule has 0 aliphatic carbocycles. The number of aromatic hydroxyl groups is 2. The van der Waals surface area contributed by atoms with Crippen molar-refractivity contribution in [3.8, 4) is 33.8 Å². The number of para-hydroxylation sites is 1. The van der Waals surface area contributed by atoms with E-state index in [1.165, 1.54) is 0 Å². The van der Waals surface area contributed by atoms with Gasteiger partial charge in [-0.25, -0.2) is 0 Å². The second kappa shape index (κ2) is 5.10. The highest BCUT2D eigenvalue weighted by atomic mass is 16.3. The van der Waals surface area contributed by atoms with Gasteiger partial charge in [-0.05, 0) is 23.3 Å². The van der Waals surface area contributed by atoms with Crippen molar-refractivity contribution in [1.82, 2.24) is 0 Å². The van der Waals surface area contributed by atoms with Gasteiger partial charge < -0.3 is 10.2 Å². The van der Waals surface area contributed by atoms with Gasteiger partial charge in [-0.1, -0.05) is 60.7 Å². The van der Waals surface area contributed by atoms with Crippen LogP contribution in [0.15, 0.2) is 72.8 Å². The van der Waals surface area contributed by atoms with Gasteiger partial charge in [0.2, 0.25) is 0 Å². The molecule has 0 aliphatic heterocycles. The SMILES string of the molecule is Oc1ccc(-c2cccc(-c3ccccc3)c2O)cc1.